The summed E-state index contributed by atoms with van der Waals surface area (Å²) in [6, 6.07) is 1.72. The highest BCUT2D eigenvalue weighted by Gasteiger charge is 2.10. The predicted octanol–water partition coefficient (Wildman–Crippen LogP) is 1.03. The number of unbranched alkanes of at least 4 members (excludes halogenated alkanes) is 1. The van der Waals surface area contributed by atoms with E-state index in [1.165, 1.54) is 6.20 Å². The molecule has 0 atom stereocenters. The summed E-state index contributed by atoms with van der Waals surface area (Å²) in [5.74, 6) is -0.178. The summed E-state index contributed by atoms with van der Waals surface area (Å²) in [4.78, 5) is 15.9. The molecule has 18 heavy (non-hydrogen) atoms. The first-order valence-electron chi connectivity index (χ1n) is 5.83. The Kier molecular flexibility index (Phi) is 3.88. The molecule has 2 rings (SSSR count). The Bertz CT molecular complexity index is 550. The van der Waals surface area contributed by atoms with Crippen molar-refractivity contribution in [3.63, 3.8) is 0 Å². The topological polar surface area (TPSA) is 88.2 Å². The maximum atomic E-state index is 11.8. The van der Waals surface area contributed by atoms with Gasteiger partial charge < -0.3 is 14.9 Å². The van der Waals surface area contributed by atoms with E-state index >= 15 is 0 Å². The summed E-state index contributed by atoms with van der Waals surface area (Å²) in [7, 11) is 0. The van der Waals surface area contributed by atoms with E-state index in [4.69, 9.17) is 9.63 Å². The molecule has 2 heterocycles. The molecule has 0 aliphatic carbocycles. The molecule has 0 radical (unpaired) electrons. The van der Waals surface area contributed by atoms with Crippen LogP contribution in [-0.2, 0) is 0 Å². The van der Waals surface area contributed by atoms with Crippen molar-refractivity contribution in [2.24, 2.45) is 0 Å². The Morgan fingerprint density at radius 3 is 3.11 bits per heavy atom. The van der Waals surface area contributed by atoms with Gasteiger partial charge in [0.25, 0.3) is 11.6 Å². The van der Waals surface area contributed by atoms with Crippen molar-refractivity contribution in [1.82, 2.24) is 15.5 Å². The van der Waals surface area contributed by atoms with Crippen molar-refractivity contribution in [3.05, 3.63) is 23.5 Å². The third kappa shape index (κ3) is 2.65. The second-order valence-corrected chi connectivity index (χ2v) is 4.03. The van der Waals surface area contributed by atoms with Crippen molar-refractivity contribution in [3.8, 4) is 0 Å². The first kappa shape index (κ1) is 12.5. The average molecular weight is 249 g/mol. The van der Waals surface area contributed by atoms with E-state index in [-0.39, 0.29) is 12.5 Å². The minimum Gasteiger partial charge on any atom is -0.396 e. The summed E-state index contributed by atoms with van der Waals surface area (Å²) in [5.41, 5.74) is 1.63. The Balaban J connectivity index is 2.05. The van der Waals surface area contributed by atoms with Gasteiger partial charge in [0, 0.05) is 19.3 Å². The van der Waals surface area contributed by atoms with Crippen LogP contribution in [0.5, 0.6) is 0 Å². The van der Waals surface area contributed by atoms with E-state index in [1.807, 2.05) is 0 Å². The van der Waals surface area contributed by atoms with Gasteiger partial charge in [-0.2, -0.15) is 0 Å². The standard InChI is InChI=1S/C12H15N3O3/c1-8-10-6-9(7-14-12(10)18-15-8)11(17)13-4-2-3-5-16/h6-7,16H,2-5H2,1H3,(H,13,17). The molecule has 1 amide bonds. The highest BCUT2D eigenvalue weighted by Crippen LogP contribution is 2.16. The molecule has 0 unspecified atom stereocenters. The number of carbonyl (C=O) groups excluding carboxylic acids is 1. The second-order valence-electron chi connectivity index (χ2n) is 4.03. The molecule has 96 valence electrons. The van der Waals surface area contributed by atoms with Gasteiger partial charge in [0.1, 0.15) is 0 Å². The van der Waals surface area contributed by atoms with E-state index in [1.54, 1.807) is 13.0 Å². The number of pyridine rings is 1. The fourth-order valence-electron chi connectivity index (χ4n) is 1.61. The summed E-state index contributed by atoms with van der Waals surface area (Å²) in [6.45, 7) is 2.49. The first-order valence-corrected chi connectivity index (χ1v) is 5.83. The SMILES string of the molecule is Cc1noc2ncc(C(=O)NCCCCO)cc12. The largest absolute Gasteiger partial charge is 0.396 e. The molecule has 0 aromatic carbocycles. The van der Waals surface area contributed by atoms with Crippen LogP contribution < -0.4 is 5.32 Å². The molecular weight excluding hydrogens is 234 g/mol. The number of aromatic nitrogens is 2. The van der Waals surface area contributed by atoms with Gasteiger partial charge in [0.2, 0.25) is 0 Å². The maximum Gasteiger partial charge on any atom is 0.257 e. The summed E-state index contributed by atoms with van der Waals surface area (Å²) in [6.07, 6.45) is 2.90. The molecule has 2 aromatic rings. The molecular formula is C12H15N3O3. The molecule has 0 spiro atoms. The average Bonchev–Trinajstić information content (AvgIpc) is 2.76. The van der Waals surface area contributed by atoms with E-state index in [0.29, 0.717) is 29.9 Å². The number of fused-ring (bicyclic) bond motifs is 1. The molecule has 0 aliphatic heterocycles. The Labute approximate surface area is 104 Å². The van der Waals surface area contributed by atoms with E-state index in [0.717, 1.165) is 11.8 Å². The van der Waals surface area contributed by atoms with Crippen LogP contribution in [-0.4, -0.2) is 34.3 Å². The number of aliphatic hydroxyl groups is 1. The van der Waals surface area contributed by atoms with Gasteiger partial charge in [-0.3, -0.25) is 4.79 Å². The maximum absolute atomic E-state index is 11.8. The van der Waals surface area contributed by atoms with Crippen molar-refractivity contribution in [1.29, 1.82) is 0 Å². The van der Waals surface area contributed by atoms with Crippen LogP contribution in [0.3, 0.4) is 0 Å². The number of nitrogens with zero attached hydrogens (tertiary/aromatic N) is 2. The summed E-state index contributed by atoms with van der Waals surface area (Å²) in [5, 5.41) is 15.9. The zero-order valence-corrected chi connectivity index (χ0v) is 10.1. The number of amides is 1. The molecule has 2 N–H and O–H groups in total. The minimum absolute atomic E-state index is 0.142. The van der Waals surface area contributed by atoms with Gasteiger partial charge >= 0.3 is 0 Å². The quantitative estimate of drug-likeness (QED) is 0.773. The number of carbonyl (C=O) groups is 1. The van der Waals surface area contributed by atoms with Gasteiger partial charge in [-0.1, -0.05) is 5.16 Å². The Hall–Kier alpha value is -1.95. The highest BCUT2D eigenvalue weighted by atomic mass is 16.5. The lowest BCUT2D eigenvalue weighted by atomic mass is 10.2. The number of hydrogen-bond donors (Lipinski definition) is 2. The monoisotopic (exact) mass is 249 g/mol. The van der Waals surface area contributed by atoms with Crippen molar-refractivity contribution in [2.75, 3.05) is 13.2 Å². The summed E-state index contributed by atoms with van der Waals surface area (Å²) >= 11 is 0. The van der Waals surface area contributed by atoms with Crippen molar-refractivity contribution >= 4 is 17.0 Å². The predicted molar refractivity (Wildman–Crippen MR) is 65.2 cm³/mol. The van der Waals surface area contributed by atoms with E-state index in [9.17, 15) is 4.79 Å². The van der Waals surface area contributed by atoms with Gasteiger partial charge in [-0.05, 0) is 25.8 Å². The number of aryl methyl sites for hydroxylation is 1. The third-order valence-electron chi connectivity index (χ3n) is 2.64. The molecule has 0 bridgehead atoms. The molecule has 2 aromatic heterocycles. The molecule has 0 saturated carbocycles. The Morgan fingerprint density at radius 1 is 1.50 bits per heavy atom. The molecule has 6 heteroatoms. The minimum atomic E-state index is -0.178. The van der Waals surface area contributed by atoms with Gasteiger partial charge in [-0.25, -0.2) is 4.98 Å². The van der Waals surface area contributed by atoms with Gasteiger partial charge in [-0.15, -0.1) is 0 Å². The van der Waals surface area contributed by atoms with Crippen LogP contribution in [0.4, 0.5) is 0 Å². The zero-order valence-electron chi connectivity index (χ0n) is 10.1. The molecule has 0 aliphatic rings. The molecule has 0 fully saturated rings. The lowest BCUT2D eigenvalue weighted by Gasteiger charge is -2.03. The van der Waals surface area contributed by atoms with Crippen molar-refractivity contribution < 1.29 is 14.4 Å². The van der Waals surface area contributed by atoms with Crippen LogP contribution in [0, 0.1) is 6.92 Å². The normalized spacial score (nSPS) is 10.8. The second kappa shape index (κ2) is 5.59. The van der Waals surface area contributed by atoms with Crippen LogP contribution in [0.25, 0.3) is 11.1 Å². The van der Waals surface area contributed by atoms with E-state index < -0.39 is 0 Å². The van der Waals surface area contributed by atoms with Gasteiger partial charge in [0.05, 0.1) is 16.6 Å². The fourth-order valence-corrected chi connectivity index (χ4v) is 1.61. The summed E-state index contributed by atoms with van der Waals surface area (Å²) < 4.78 is 4.98. The molecule has 0 saturated heterocycles. The third-order valence-corrected chi connectivity index (χ3v) is 2.64. The number of nitrogens with one attached hydrogen (secondary N) is 1. The Morgan fingerprint density at radius 2 is 2.33 bits per heavy atom. The van der Waals surface area contributed by atoms with E-state index in [2.05, 4.69) is 15.5 Å². The van der Waals surface area contributed by atoms with Gasteiger partial charge in [0.15, 0.2) is 0 Å². The zero-order chi connectivity index (χ0) is 13.0. The lowest BCUT2D eigenvalue weighted by molar-refractivity contribution is 0.0952. The number of rotatable bonds is 5. The first-order chi connectivity index (χ1) is 8.72. The lowest BCUT2D eigenvalue weighted by Crippen LogP contribution is -2.24. The molecule has 6 nitrogen and oxygen atoms in total. The van der Waals surface area contributed by atoms with Crippen LogP contribution >= 0.6 is 0 Å². The van der Waals surface area contributed by atoms with Crippen LogP contribution in [0.2, 0.25) is 0 Å². The smallest absolute Gasteiger partial charge is 0.257 e. The number of aliphatic hydroxyl groups excluding tert-OH is 1. The number of hydrogen-bond acceptors (Lipinski definition) is 5. The van der Waals surface area contributed by atoms with Crippen molar-refractivity contribution in [2.45, 2.75) is 19.8 Å². The fraction of sp³-hybridized carbons (Fsp3) is 0.417. The van der Waals surface area contributed by atoms with Crippen LogP contribution in [0.15, 0.2) is 16.8 Å². The van der Waals surface area contributed by atoms with Crippen LogP contribution in [0.1, 0.15) is 28.9 Å². The highest BCUT2D eigenvalue weighted by molar-refractivity contribution is 5.96.